The first-order valence-electron chi connectivity index (χ1n) is 10.2. The van der Waals surface area contributed by atoms with Crippen molar-refractivity contribution in [1.29, 1.82) is 0 Å². The maximum Gasteiger partial charge on any atom is 0.272 e. The average molecular weight is 466 g/mol. The van der Waals surface area contributed by atoms with Gasteiger partial charge in [0.1, 0.15) is 5.82 Å². The van der Waals surface area contributed by atoms with Crippen molar-refractivity contribution in [1.82, 2.24) is 25.7 Å². The number of amides is 2. The molecule has 12 heteroatoms. The minimum Gasteiger partial charge on any atom is -0.347 e. The van der Waals surface area contributed by atoms with Crippen LogP contribution in [0.1, 0.15) is 17.9 Å². The summed E-state index contributed by atoms with van der Waals surface area (Å²) in [5, 5.41) is 13.3. The van der Waals surface area contributed by atoms with Crippen LogP contribution < -0.4 is 21.8 Å². The molecule has 4 aromatic rings. The number of anilines is 1. The molecule has 11 nitrogen and oxygen atoms in total. The maximum atomic E-state index is 13.7. The molecule has 0 aliphatic rings. The lowest BCUT2D eigenvalue weighted by atomic mass is 10.1. The van der Waals surface area contributed by atoms with E-state index in [0.717, 1.165) is 0 Å². The van der Waals surface area contributed by atoms with Crippen molar-refractivity contribution >= 4 is 28.3 Å². The van der Waals surface area contributed by atoms with Crippen molar-refractivity contribution in [2.75, 3.05) is 11.9 Å². The van der Waals surface area contributed by atoms with Crippen LogP contribution in [0.25, 0.3) is 22.2 Å². The van der Waals surface area contributed by atoms with Crippen LogP contribution in [-0.2, 0) is 16.0 Å². The van der Waals surface area contributed by atoms with Gasteiger partial charge in [0.25, 0.3) is 11.1 Å². The van der Waals surface area contributed by atoms with Gasteiger partial charge in [-0.05, 0) is 30.7 Å². The first-order chi connectivity index (χ1) is 16.3. The monoisotopic (exact) mass is 466 g/mol. The van der Waals surface area contributed by atoms with Gasteiger partial charge in [0.2, 0.25) is 23.5 Å². The Labute approximate surface area is 190 Å². The molecule has 4 N–H and O–H groups in total. The number of benzene rings is 2. The molecule has 4 rings (SSSR count). The number of halogens is 1. The van der Waals surface area contributed by atoms with E-state index in [0.29, 0.717) is 11.1 Å². The van der Waals surface area contributed by atoms with Gasteiger partial charge in [-0.15, -0.1) is 0 Å². The van der Waals surface area contributed by atoms with Crippen LogP contribution >= 0.6 is 0 Å². The summed E-state index contributed by atoms with van der Waals surface area (Å²) < 4.78 is 18.8. The minimum atomic E-state index is -0.581. The Morgan fingerprint density at radius 3 is 2.68 bits per heavy atom. The van der Waals surface area contributed by atoms with Crippen molar-refractivity contribution in [3.63, 3.8) is 0 Å². The number of nitrogens with one attached hydrogen (secondary N) is 4. The average Bonchev–Trinajstić information content (AvgIpc) is 3.30. The van der Waals surface area contributed by atoms with Crippen LogP contribution in [0.3, 0.4) is 0 Å². The smallest absolute Gasteiger partial charge is 0.272 e. The van der Waals surface area contributed by atoms with E-state index in [-0.39, 0.29) is 53.4 Å². The van der Waals surface area contributed by atoms with Gasteiger partial charge in [-0.1, -0.05) is 23.4 Å². The minimum absolute atomic E-state index is 0.0273. The fourth-order valence-electron chi connectivity index (χ4n) is 3.22. The molecule has 174 valence electrons. The Bertz CT molecular complexity index is 1510. The van der Waals surface area contributed by atoms with E-state index >= 15 is 0 Å². The standard InChI is InChI=1S/C22H19FN6O5/c1-11-5-6-12(9-14(11)23)20-26-18(34-29-20)8-7-16(30)24-10-17(31)25-15-4-2-3-13-19(15)22(33)28-27-21(13)32/h2-6,9H,7-8,10H2,1H3,(H,24,30)(H,25,31)(H,27,32)(H,28,33). The number of hydrogen-bond acceptors (Lipinski definition) is 7. The summed E-state index contributed by atoms with van der Waals surface area (Å²) in [5.41, 5.74) is 0.0233. The van der Waals surface area contributed by atoms with E-state index in [9.17, 15) is 23.6 Å². The second-order valence-corrected chi connectivity index (χ2v) is 7.44. The van der Waals surface area contributed by atoms with E-state index < -0.39 is 22.9 Å². The van der Waals surface area contributed by atoms with Crippen molar-refractivity contribution in [2.24, 2.45) is 0 Å². The molecule has 0 aliphatic heterocycles. The topological polar surface area (TPSA) is 163 Å². The lowest BCUT2D eigenvalue weighted by Gasteiger charge is -2.08. The van der Waals surface area contributed by atoms with Gasteiger partial charge in [-0.3, -0.25) is 29.4 Å². The first kappa shape index (κ1) is 22.6. The van der Waals surface area contributed by atoms with Crippen molar-refractivity contribution in [2.45, 2.75) is 19.8 Å². The third-order valence-electron chi connectivity index (χ3n) is 5.01. The van der Waals surface area contributed by atoms with E-state index in [1.165, 1.54) is 24.3 Å². The summed E-state index contributed by atoms with van der Waals surface area (Å²) >= 11 is 0. The summed E-state index contributed by atoms with van der Waals surface area (Å²) in [6.07, 6.45) is 0.0940. The zero-order chi connectivity index (χ0) is 24.2. The number of hydrogen-bond donors (Lipinski definition) is 4. The van der Waals surface area contributed by atoms with Crippen LogP contribution in [0.15, 0.2) is 50.5 Å². The Balaban J connectivity index is 1.31. The summed E-state index contributed by atoms with van der Waals surface area (Å²) in [6, 6.07) is 9.02. The zero-order valence-corrected chi connectivity index (χ0v) is 17.9. The third-order valence-corrected chi connectivity index (χ3v) is 5.01. The molecule has 34 heavy (non-hydrogen) atoms. The Morgan fingerprint density at radius 1 is 1.09 bits per heavy atom. The number of carbonyl (C=O) groups excluding carboxylic acids is 2. The van der Waals surface area contributed by atoms with Crippen molar-refractivity contribution in [3.8, 4) is 11.4 Å². The summed E-state index contributed by atoms with van der Waals surface area (Å²) in [4.78, 5) is 52.4. The lowest BCUT2D eigenvalue weighted by Crippen LogP contribution is -2.33. The maximum absolute atomic E-state index is 13.7. The van der Waals surface area contributed by atoms with Crippen LogP contribution in [-0.4, -0.2) is 38.7 Å². The number of rotatable bonds is 7. The lowest BCUT2D eigenvalue weighted by molar-refractivity contribution is -0.124. The second-order valence-electron chi connectivity index (χ2n) is 7.44. The molecule has 0 radical (unpaired) electrons. The molecule has 0 unspecified atom stereocenters. The number of carbonyl (C=O) groups is 2. The van der Waals surface area contributed by atoms with Crippen molar-refractivity contribution in [3.05, 3.63) is 74.4 Å². The normalized spacial score (nSPS) is 10.9. The fraction of sp³-hybridized carbons (Fsp3) is 0.182. The van der Waals surface area contributed by atoms with E-state index in [1.54, 1.807) is 19.1 Å². The Kier molecular flexibility index (Phi) is 6.30. The fourth-order valence-corrected chi connectivity index (χ4v) is 3.22. The third kappa shape index (κ3) is 4.90. The van der Waals surface area contributed by atoms with Gasteiger partial charge in [0.05, 0.1) is 23.0 Å². The molecule has 0 fully saturated rings. The Morgan fingerprint density at radius 2 is 1.88 bits per heavy atom. The molecule has 0 spiro atoms. The number of aromatic nitrogens is 4. The van der Waals surface area contributed by atoms with Crippen LogP contribution in [0.4, 0.5) is 10.1 Å². The number of nitrogens with zero attached hydrogens (tertiary/aromatic N) is 2. The summed E-state index contributed by atoms with van der Waals surface area (Å²) in [5.74, 6) is -1.01. The highest BCUT2D eigenvalue weighted by atomic mass is 19.1. The molecule has 2 aromatic heterocycles. The number of aryl methyl sites for hydroxylation is 2. The highest BCUT2D eigenvalue weighted by Gasteiger charge is 2.14. The predicted molar refractivity (Wildman–Crippen MR) is 120 cm³/mol. The highest BCUT2D eigenvalue weighted by Crippen LogP contribution is 2.19. The largest absolute Gasteiger partial charge is 0.347 e. The van der Waals surface area contributed by atoms with Gasteiger partial charge in [-0.2, -0.15) is 4.98 Å². The summed E-state index contributed by atoms with van der Waals surface area (Å²) in [6.45, 7) is 1.29. The first-order valence-corrected chi connectivity index (χ1v) is 10.2. The van der Waals surface area contributed by atoms with Crippen molar-refractivity contribution < 1.29 is 18.5 Å². The molecule has 2 aromatic carbocycles. The molecule has 0 saturated heterocycles. The Hall–Kier alpha value is -4.61. The predicted octanol–water partition coefficient (Wildman–Crippen LogP) is 1.40. The van der Waals surface area contributed by atoms with Gasteiger partial charge >= 0.3 is 0 Å². The van der Waals surface area contributed by atoms with Gasteiger partial charge < -0.3 is 15.2 Å². The molecular formula is C22H19FN6O5. The molecule has 0 aliphatic carbocycles. The van der Waals surface area contributed by atoms with Crippen LogP contribution in [0, 0.1) is 12.7 Å². The van der Waals surface area contributed by atoms with E-state index in [4.69, 9.17) is 4.52 Å². The zero-order valence-electron chi connectivity index (χ0n) is 17.9. The number of aromatic amines is 2. The molecular weight excluding hydrogens is 447 g/mol. The van der Waals surface area contributed by atoms with Gasteiger partial charge in [0.15, 0.2) is 0 Å². The summed E-state index contributed by atoms with van der Waals surface area (Å²) in [7, 11) is 0. The van der Waals surface area contributed by atoms with E-state index in [1.807, 2.05) is 0 Å². The number of H-pyrrole nitrogens is 2. The molecule has 0 bridgehead atoms. The number of fused-ring (bicyclic) bond motifs is 1. The quantitative estimate of drug-likeness (QED) is 0.320. The molecule has 0 atom stereocenters. The van der Waals surface area contributed by atoms with Gasteiger partial charge in [0, 0.05) is 18.4 Å². The molecule has 0 saturated carbocycles. The van der Waals surface area contributed by atoms with Crippen LogP contribution in [0.5, 0.6) is 0 Å². The highest BCUT2D eigenvalue weighted by molar-refractivity contribution is 6.02. The van der Waals surface area contributed by atoms with Gasteiger partial charge in [-0.25, -0.2) is 4.39 Å². The SMILES string of the molecule is Cc1ccc(-c2noc(CCC(=O)NCC(=O)Nc3cccc4c(=O)[nH][nH]c(=O)c34)n2)cc1F. The molecule has 2 heterocycles. The second kappa shape index (κ2) is 9.48. The molecule has 2 amide bonds. The van der Waals surface area contributed by atoms with Crippen LogP contribution in [0.2, 0.25) is 0 Å². The van der Waals surface area contributed by atoms with E-state index in [2.05, 4.69) is 31.0 Å².